The highest BCUT2D eigenvalue weighted by Gasteiger charge is 2.18. The van der Waals surface area contributed by atoms with E-state index in [0.29, 0.717) is 12.5 Å². The maximum absolute atomic E-state index is 13.0. The van der Waals surface area contributed by atoms with Crippen LogP contribution in [0.25, 0.3) is 0 Å². The van der Waals surface area contributed by atoms with Gasteiger partial charge in [0.25, 0.3) is 0 Å². The number of amides is 2. The molecule has 0 unspecified atom stereocenters. The molecule has 1 saturated carbocycles. The van der Waals surface area contributed by atoms with E-state index >= 15 is 0 Å². The van der Waals surface area contributed by atoms with Crippen LogP contribution < -0.4 is 10.6 Å². The van der Waals surface area contributed by atoms with Gasteiger partial charge in [0.05, 0.1) is 11.3 Å². The van der Waals surface area contributed by atoms with Crippen molar-refractivity contribution in [2.45, 2.75) is 19.3 Å². The van der Waals surface area contributed by atoms with Crippen LogP contribution in [0.5, 0.6) is 0 Å². The molecule has 1 aromatic rings. The lowest BCUT2D eigenvalue weighted by Crippen LogP contribution is -2.35. The van der Waals surface area contributed by atoms with Gasteiger partial charge in [0, 0.05) is 6.54 Å². The molecule has 102 valence electrons. The van der Waals surface area contributed by atoms with Crippen LogP contribution in [0.1, 0.15) is 29.6 Å². The van der Waals surface area contributed by atoms with E-state index in [-0.39, 0.29) is 11.3 Å². The maximum Gasteiger partial charge on any atom is 0.337 e. The molecule has 3 N–H and O–H groups in total. The summed E-state index contributed by atoms with van der Waals surface area (Å²) in [6.45, 7) is 0.579. The minimum Gasteiger partial charge on any atom is -0.478 e. The lowest BCUT2D eigenvalue weighted by molar-refractivity contribution is 0.0697. The number of hydrogen-bond acceptors (Lipinski definition) is 2. The summed E-state index contributed by atoms with van der Waals surface area (Å²) >= 11 is 0. The Morgan fingerprint density at radius 2 is 2.11 bits per heavy atom. The number of aromatic carboxylic acids is 1. The van der Waals surface area contributed by atoms with Crippen molar-refractivity contribution in [1.82, 2.24) is 5.32 Å². The number of halogens is 1. The van der Waals surface area contributed by atoms with Gasteiger partial charge in [-0.1, -0.05) is 6.42 Å². The number of urea groups is 1. The quantitative estimate of drug-likeness (QED) is 0.783. The Kier molecular flexibility index (Phi) is 3.99. The topological polar surface area (TPSA) is 78.4 Å². The van der Waals surface area contributed by atoms with E-state index < -0.39 is 17.8 Å². The zero-order valence-electron chi connectivity index (χ0n) is 10.3. The molecule has 0 atom stereocenters. The number of carbonyl (C=O) groups is 2. The Balaban J connectivity index is 1.97. The van der Waals surface area contributed by atoms with E-state index in [9.17, 15) is 14.0 Å². The number of carboxylic acids is 1. The van der Waals surface area contributed by atoms with E-state index in [1.807, 2.05) is 0 Å². The van der Waals surface area contributed by atoms with Gasteiger partial charge in [0.2, 0.25) is 0 Å². The first-order valence-electron chi connectivity index (χ1n) is 6.14. The molecule has 2 amide bonds. The first-order chi connectivity index (χ1) is 9.06. The molecule has 0 saturated heterocycles. The van der Waals surface area contributed by atoms with Crippen LogP contribution in [0.4, 0.5) is 14.9 Å². The maximum atomic E-state index is 13.0. The minimum absolute atomic E-state index is 0.0833. The number of nitrogens with one attached hydrogen (secondary N) is 2. The number of carboxylic acid groups (broad SMARTS) is 1. The van der Waals surface area contributed by atoms with Crippen molar-refractivity contribution in [3.05, 3.63) is 29.6 Å². The van der Waals surface area contributed by atoms with Crippen LogP contribution in [-0.2, 0) is 0 Å². The predicted octanol–water partition coefficient (Wildman–Crippen LogP) is 2.45. The van der Waals surface area contributed by atoms with E-state index in [1.54, 1.807) is 0 Å². The third-order valence-electron chi connectivity index (χ3n) is 3.24. The first kappa shape index (κ1) is 13.3. The van der Waals surface area contributed by atoms with Gasteiger partial charge in [-0.25, -0.2) is 14.0 Å². The summed E-state index contributed by atoms with van der Waals surface area (Å²) in [5.74, 6) is -1.43. The van der Waals surface area contributed by atoms with Crippen molar-refractivity contribution in [2.75, 3.05) is 11.9 Å². The summed E-state index contributed by atoms with van der Waals surface area (Å²) in [6.07, 6.45) is 3.41. The molecule has 1 fully saturated rings. The second kappa shape index (κ2) is 5.69. The van der Waals surface area contributed by atoms with E-state index in [2.05, 4.69) is 10.6 Å². The molecular formula is C13H15FN2O3. The van der Waals surface area contributed by atoms with Crippen LogP contribution in [-0.4, -0.2) is 23.7 Å². The molecule has 1 aliphatic rings. The van der Waals surface area contributed by atoms with E-state index in [1.165, 1.54) is 12.5 Å². The molecular weight excluding hydrogens is 251 g/mol. The van der Waals surface area contributed by atoms with Crippen molar-refractivity contribution >= 4 is 17.7 Å². The van der Waals surface area contributed by atoms with Crippen LogP contribution >= 0.6 is 0 Å². The molecule has 0 heterocycles. The van der Waals surface area contributed by atoms with Crippen LogP contribution in [0.3, 0.4) is 0 Å². The highest BCUT2D eigenvalue weighted by Crippen LogP contribution is 2.25. The Morgan fingerprint density at radius 1 is 1.37 bits per heavy atom. The first-order valence-corrected chi connectivity index (χ1v) is 6.14. The third kappa shape index (κ3) is 3.43. The minimum atomic E-state index is -1.28. The lowest BCUT2D eigenvalue weighted by Gasteiger charge is -2.25. The molecule has 1 aromatic carbocycles. The van der Waals surface area contributed by atoms with E-state index in [0.717, 1.165) is 25.0 Å². The predicted molar refractivity (Wildman–Crippen MR) is 67.7 cm³/mol. The van der Waals surface area contributed by atoms with Crippen LogP contribution in [0, 0.1) is 11.7 Å². The molecule has 1 aliphatic carbocycles. The zero-order chi connectivity index (χ0) is 13.8. The molecule has 5 nitrogen and oxygen atoms in total. The molecule has 0 radical (unpaired) electrons. The summed E-state index contributed by atoms with van der Waals surface area (Å²) in [7, 11) is 0. The fraction of sp³-hybridized carbons (Fsp3) is 0.385. The molecule has 0 bridgehead atoms. The van der Waals surface area contributed by atoms with Crippen molar-refractivity contribution in [2.24, 2.45) is 5.92 Å². The average Bonchev–Trinajstić information content (AvgIpc) is 2.29. The van der Waals surface area contributed by atoms with Gasteiger partial charge >= 0.3 is 12.0 Å². The molecule has 0 aromatic heterocycles. The van der Waals surface area contributed by atoms with Crippen molar-refractivity contribution < 1.29 is 19.1 Å². The normalized spacial score (nSPS) is 14.6. The lowest BCUT2D eigenvalue weighted by atomic mass is 9.85. The van der Waals surface area contributed by atoms with Crippen molar-refractivity contribution in [3.8, 4) is 0 Å². The molecule has 0 aliphatic heterocycles. The van der Waals surface area contributed by atoms with Crippen molar-refractivity contribution in [1.29, 1.82) is 0 Å². The summed E-state index contributed by atoms with van der Waals surface area (Å²) in [6, 6.07) is 2.75. The van der Waals surface area contributed by atoms with Crippen LogP contribution in [0.2, 0.25) is 0 Å². The monoisotopic (exact) mass is 266 g/mol. The SMILES string of the molecule is O=C(NCC1CCC1)Nc1ccc(F)cc1C(=O)O. The summed E-state index contributed by atoms with van der Waals surface area (Å²) in [4.78, 5) is 22.5. The van der Waals surface area contributed by atoms with E-state index in [4.69, 9.17) is 5.11 Å². The van der Waals surface area contributed by atoms with Gasteiger partial charge in [-0.05, 0) is 37.0 Å². The Bertz CT molecular complexity index is 501. The number of hydrogen-bond donors (Lipinski definition) is 3. The number of carbonyl (C=O) groups excluding carboxylic acids is 1. The van der Waals surface area contributed by atoms with Crippen LogP contribution in [0.15, 0.2) is 18.2 Å². The Labute approximate surface area is 109 Å². The van der Waals surface area contributed by atoms with Gasteiger partial charge in [0.1, 0.15) is 5.82 Å². The van der Waals surface area contributed by atoms with Gasteiger partial charge in [-0.15, -0.1) is 0 Å². The standard InChI is InChI=1S/C13H15FN2O3/c14-9-4-5-11(10(6-9)12(17)18)16-13(19)15-7-8-2-1-3-8/h4-6,8H,1-3,7H2,(H,17,18)(H2,15,16,19). The average molecular weight is 266 g/mol. The molecule has 0 spiro atoms. The number of rotatable bonds is 4. The second-order valence-electron chi connectivity index (χ2n) is 4.63. The summed E-state index contributed by atoms with van der Waals surface area (Å²) < 4.78 is 13.0. The fourth-order valence-corrected chi connectivity index (χ4v) is 1.90. The number of benzene rings is 1. The molecule has 2 rings (SSSR count). The molecule has 6 heteroatoms. The van der Waals surface area contributed by atoms with Gasteiger partial charge in [0.15, 0.2) is 0 Å². The highest BCUT2D eigenvalue weighted by atomic mass is 19.1. The Morgan fingerprint density at radius 3 is 2.68 bits per heavy atom. The fourth-order valence-electron chi connectivity index (χ4n) is 1.90. The van der Waals surface area contributed by atoms with Crippen molar-refractivity contribution in [3.63, 3.8) is 0 Å². The highest BCUT2D eigenvalue weighted by molar-refractivity contribution is 5.99. The van der Waals surface area contributed by atoms with Gasteiger partial charge in [-0.3, -0.25) is 0 Å². The second-order valence-corrected chi connectivity index (χ2v) is 4.63. The molecule has 19 heavy (non-hydrogen) atoms. The summed E-state index contributed by atoms with van der Waals surface area (Å²) in [5, 5.41) is 14.0. The summed E-state index contributed by atoms with van der Waals surface area (Å²) in [5.41, 5.74) is -0.182. The number of anilines is 1. The van der Waals surface area contributed by atoms with Gasteiger partial charge < -0.3 is 15.7 Å². The smallest absolute Gasteiger partial charge is 0.337 e. The third-order valence-corrected chi connectivity index (χ3v) is 3.24. The zero-order valence-corrected chi connectivity index (χ0v) is 10.3. The largest absolute Gasteiger partial charge is 0.478 e. The van der Waals surface area contributed by atoms with Gasteiger partial charge in [-0.2, -0.15) is 0 Å². The Hall–Kier alpha value is -2.11.